The number of alkyl halides is 3. The van der Waals surface area contributed by atoms with Crippen LogP contribution >= 0.6 is 0 Å². The van der Waals surface area contributed by atoms with Crippen molar-refractivity contribution in [1.29, 1.82) is 5.26 Å². The van der Waals surface area contributed by atoms with E-state index in [9.17, 15) is 27.2 Å². The van der Waals surface area contributed by atoms with Crippen LogP contribution in [0.3, 0.4) is 0 Å². The second-order valence-electron chi connectivity index (χ2n) is 7.66. The summed E-state index contributed by atoms with van der Waals surface area (Å²) in [6.45, 7) is 0. The molecule has 5 nitrogen and oxygen atoms in total. The fourth-order valence-corrected chi connectivity index (χ4v) is 4.24. The molecule has 0 saturated carbocycles. The predicted molar refractivity (Wildman–Crippen MR) is 107 cm³/mol. The van der Waals surface area contributed by atoms with E-state index in [1.54, 1.807) is 0 Å². The summed E-state index contributed by atoms with van der Waals surface area (Å²) >= 11 is 0. The van der Waals surface area contributed by atoms with Gasteiger partial charge in [-0.2, -0.15) is 18.4 Å². The summed E-state index contributed by atoms with van der Waals surface area (Å²) in [6, 6.07) is 8.22. The van der Waals surface area contributed by atoms with Crippen molar-refractivity contribution in [2.24, 2.45) is 0 Å². The van der Waals surface area contributed by atoms with Crippen LogP contribution in [-0.2, 0) is 11.0 Å². The third-order valence-corrected chi connectivity index (χ3v) is 5.71. The van der Waals surface area contributed by atoms with Gasteiger partial charge in [0.25, 0.3) is 0 Å². The van der Waals surface area contributed by atoms with Gasteiger partial charge in [0.1, 0.15) is 5.82 Å². The second-order valence-corrected chi connectivity index (χ2v) is 7.66. The van der Waals surface area contributed by atoms with Gasteiger partial charge in [0.05, 0.1) is 28.9 Å². The zero-order valence-electron chi connectivity index (χ0n) is 16.9. The number of carbonyl (C=O) groups excluding carboxylic acids is 2. The highest BCUT2D eigenvalue weighted by molar-refractivity contribution is 6.06. The average molecular weight is 443 g/mol. The molecule has 2 aromatic rings. The van der Waals surface area contributed by atoms with Gasteiger partial charge in [0, 0.05) is 30.3 Å². The number of rotatable bonds is 2. The second kappa shape index (κ2) is 7.79. The Labute approximate surface area is 181 Å². The fraction of sp³-hybridized carbons (Fsp3) is 0.261. The number of halogens is 4. The largest absolute Gasteiger partial charge is 0.416 e. The van der Waals surface area contributed by atoms with E-state index in [0.717, 1.165) is 28.0 Å². The molecule has 2 aliphatic rings. The number of amides is 2. The zero-order valence-corrected chi connectivity index (χ0v) is 16.9. The summed E-state index contributed by atoms with van der Waals surface area (Å²) in [4.78, 5) is 28.5. The normalized spacial score (nSPS) is 19.2. The Morgan fingerprint density at radius 2 is 1.84 bits per heavy atom. The summed E-state index contributed by atoms with van der Waals surface area (Å²) < 4.78 is 54.6. The fourth-order valence-electron chi connectivity index (χ4n) is 4.24. The molecule has 0 spiro atoms. The number of nitriles is 1. The minimum absolute atomic E-state index is 0.0161. The van der Waals surface area contributed by atoms with Crippen LogP contribution in [-0.4, -0.2) is 23.8 Å². The number of likely N-dealkylation sites (N-methyl/N-ethyl adjacent to an activating group) is 1. The van der Waals surface area contributed by atoms with Crippen molar-refractivity contribution in [2.45, 2.75) is 31.5 Å². The van der Waals surface area contributed by atoms with Gasteiger partial charge in [0.2, 0.25) is 0 Å². The Bertz CT molecular complexity index is 1200. The Hall–Kier alpha value is -3.67. The van der Waals surface area contributed by atoms with Gasteiger partial charge >= 0.3 is 12.2 Å². The Morgan fingerprint density at radius 3 is 2.50 bits per heavy atom. The Kier molecular flexibility index (Phi) is 5.25. The van der Waals surface area contributed by atoms with Gasteiger partial charge in [-0.1, -0.05) is 12.1 Å². The number of hydrogen-bond donors (Lipinski definition) is 0. The molecule has 0 radical (unpaired) electrons. The van der Waals surface area contributed by atoms with Crippen molar-refractivity contribution in [1.82, 2.24) is 4.90 Å². The van der Waals surface area contributed by atoms with E-state index in [1.807, 2.05) is 6.07 Å². The van der Waals surface area contributed by atoms with E-state index in [1.165, 1.54) is 31.3 Å². The van der Waals surface area contributed by atoms with Crippen LogP contribution in [0.5, 0.6) is 0 Å². The molecule has 9 heteroatoms. The Balaban J connectivity index is 1.91. The molecule has 1 heterocycles. The highest BCUT2D eigenvalue weighted by Crippen LogP contribution is 2.44. The molecule has 1 atom stereocenters. The number of allylic oxidation sites excluding steroid dienone is 1. The van der Waals surface area contributed by atoms with Crippen LogP contribution in [0.4, 0.5) is 28.0 Å². The first kappa shape index (κ1) is 21.6. The Morgan fingerprint density at radius 1 is 1.09 bits per heavy atom. The van der Waals surface area contributed by atoms with Gasteiger partial charge in [-0.15, -0.1) is 0 Å². The lowest BCUT2D eigenvalue weighted by Crippen LogP contribution is -2.50. The SMILES string of the molecule is CN1C(=O)N(c2cccc(C(F)(F)F)c2)C2=C(C(=O)CCC2)C1c1ccc(C#N)cc1F. The minimum Gasteiger partial charge on any atom is -0.316 e. The van der Waals surface area contributed by atoms with Crippen molar-refractivity contribution in [2.75, 3.05) is 11.9 Å². The first-order valence-corrected chi connectivity index (χ1v) is 9.83. The van der Waals surface area contributed by atoms with Crippen LogP contribution in [0, 0.1) is 17.1 Å². The van der Waals surface area contributed by atoms with Crippen LogP contribution in [0.25, 0.3) is 0 Å². The number of Topliss-reactive ketones (excluding diaryl/α,β-unsaturated/α-hetero) is 1. The lowest BCUT2D eigenvalue weighted by atomic mass is 9.83. The standard InChI is InChI=1S/C23H17F4N3O2/c1-29-21(16-9-8-13(12-28)10-17(16)24)20-18(6-3-7-19(20)31)30(22(29)32)15-5-2-4-14(11-15)23(25,26)27/h2,4-5,8-11,21H,3,6-7H2,1H3. The van der Waals surface area contributed by atoms with E-state index >= 15 is 0 Å². The monoisotopic (exact) mass is 443 g/mol. The molecule has 32 heavy (non-hydrogen) atoms. The first-order valence-electron chi connectivity index (χ1n) is 9.83. The van der Waals surface area contributed by atoms with E-state index in [2.05, 4.69) is 0 Å². The van der Waals surface area contributed by atoms with E-state index in [-0.39, 0.29) is 46.7 Å². The molecule has 0 bridgehead atoms. The molecule has 1 aliphatic heterocycles. The maximum Gasteiger partial charge on any atom is 0.416 e. The number of anilines is 1. The summed E-state index contributed by atoms with van der Waals surface area (Å²) in [5, 5.41) is 9.00. The maximum absolute atomic E-state index is 14.9. The molecule has 2 amide bonds. The summed E-state index contributed by atoms with van der Waals surface area (Å²) in [5.41, 5.74) is -0.346. The van der Waals surface area contributed by atoms with Gasteiger partial charge in [-0.05, 0) is 43.2 Å². The lowest BCUT2D eigenvalue weighted by molar-refractivity contribution is -0.137. The maximum atomic E-state index is 14.9. The number of urea groups is 1. The zero-order chi connectivity index (χ0) is 23.2. The first-order chi connectivity index (χ1) is 15.1. The summed E-state index contributed by atoms with van der Waals surface area (Å²) in [6.07, 6.45) is -3.71. The molecule has 2 aromatic carbocycles. The third kappa shape index (κ3) is 3.51. The van der Waals surface area contributed by atoms with Gasteiger partial charge in [-0.3, -0.25) is 9.69 Å². The van der Waals surface area contributed by atoms with Gasteiger partial charge < -0.3 is 4.90 Å². The molecule has 0 aromatic heterocycles. The van der Waals surface area contributed by atoms with Crippen LogP contribution < -0.4 is 4.90 Å². The minimum atomic E-state index is -4.60. The summed E-state index contributed by atoms with van der Waals surface area (Å²) in [7, 11) is 1.37. The molecule has 0 N–H and O–H groups in total. The van der Waals surface area contributed by atoms with Crippen molar-refractivity contribution in [3.8, 4) is 6.07 Å². The lowest BCUT2D eigenvalue weighted by Gasteiger charge is -2.43. The number of carbonyl (C=O) groups is 2. The van der Waals surface area contributed by atoms with Gasteiger partial charge in [-0.25, -0.2) is 9.18 Å². The molecule has 0 saturated heterocycles. The number of ketones is 1. The smallest absolute Gasteiger partial charge is 0.316 e. The van der Waals surface area contributed by atoms with Crippen molar-refractivity contribution < 1.29 is 27.2 Å². The molecule has 4 rings (SSSR count). The third-order valence-electron chi connectivity index (χ3n) is 5.71. The topological polar surface area (TPSA) is 64.4 Å². The van der Waals surface area contributed by atoms with E-state index < -0.39 is 29.6 Å². The molecule has 1 aliphatic carbocycles. The van der Waals surface area contributed by atoms with Crippen molar-refractivity contribution in [3.63, 3.8) is 0 Å². The molecule has 1 unspecified atom stereocenters. The highest BCUT2D eigenvalue weighted by atomic mass is 19.4. The van der Waals surface area contributed by atoms with Crippen LogP contribution in [0.2, 0.25) is 0 Å². The predicted octanol–water partition coefficient (Wildman–Crippen LogP) is 5.34. The number of hydrogen-bond acceptors (Lipinski definition) is 3. The van der Waals surface area contributed by atoms with Crippen molar-refractivity contribution >= 4 is 17.5 Å². The number of benzene rings is 2. The molecule has 0 fully saturated rings. The summed E-state index contributed by atoms with van der Waals surface area (Å²) in [5.74, 6) is -1.04. The molecule has 164 valence electrons. The highest BCUT2D eigenvalue weighted by Gasteiger charge is 2.44. The molecular formula is C23H17F4N3O2. The number of nitrogens with zero attached hydrogens (tertiary/aromatic N) is 3. The average Bonchev–Trinajstić information content (AvgIpc) is 2.75. The van der Waals surface area contributed by atoms with E-state index in [0.29, 0.717) is 6.42 Å². The van der Waals surface area contributed by atoms with Crippen LogP contribution in [0.15, 0.2) is 53.7 Å². The quantitative estimate of drug-likeness (QED) is 0.589. The van der Waals surface area contributed by atoms with Crippen LogP contribution in [0.1, 0.15) is 42.0 Å². The van der Waals surface area contributed by atoms with Crippen molar-refractivity contribution in [3.05, 3.63) is 76.2 Å². The van der Waals surface area contributed by atoms with Gasteiger partial charge in [0.15, 0.2) is 5.78 Å². The van der Waals surface area contributed by atoms with E-state index in [4.69, 9.17) is 5.26 Å². The molecular weight excluding hydrogens is 426 g/mol.